The molecule has 6 aromatic rings. The third-order valence-electron chi connectivity index (χ3n) is 13.6. The molecule has 3 aliphatic heterocycles. The van der Waals surface area contributed by atoms with E-state index in [4.69, 9.17) is 22.3 Å². The van der Waals surface area contributed by atoms with Gasteiger partial charge in [0.2, 0.25) is 5.91 Å². The highest BCUT2D eigenvalue weighted by Crippen LogP contribution is 2.34. The Kier molecular flexibility index (Phi) is 19.6. The second-order valence-corrected chi connectivity index (χ2v) is 19.1. The van der Waals surface area contributed by atoms with Gasteiger partial charge in [0.05, 0.1) is 37.9 Å². The number of carboxylic acid groups (broad SMARTS) is 3. The van der Waals surface area contributed by atoms with Gasteiger partial charge in [-0.05, 0) is 107 Å². The van der Waals surface area contributed by atoms with Crippen LogP contribution in [0.15, 0.2) is 146 Å². The predicted molar refractivity (Wildman–Crippen MR) is 297 cm³/mol. The Morgan fingerprint density at radius 3 is 1.32 bits per heavy atom. The number of aliphatic carboxylic acids is 3. The van der Waals surface area contributed by atoms with Gasteiger partial charge in [0.1, 0.15) is 0 Å². The Labute approximate surface area is 465 Å². The number of carbonyl (C=O) groups is 9. The highest BCUT2D eigenvalue weighted by atomic mass is 16.4. The average Bonchev–Trinajstić information content (AvgIpc) is 3.64. The number of amides is 8. The van der Waals surface area contributed by atoms with E-state index in [0.717, 1.165) is 33.4 Å². The van der Waals surface area contributed by atoms with Crippen LogP contribution < -0.4 is 44.2 Å². The number of fused-ring (bicyclic) bond motifs is 3. The van der Waals surface area contributed by atoms with Crippen molar-refractivity contribution in [1.29, 1.82) is 0 Å². The summed E-state index contributed by atoms with van der Waals surface area (Å²) in [6, 6.07) is 39.0. The monoisotopic (exact) mass is 1100 g/mol. The van der Waals surface area contributed by atoms with Crippen LogP contribution in [-0.2, 0) is 45.0 Å². The highest BCUT2D eigenvalue weighted by molar-refractivity contribution is 5.98. The molecule has 0 bridgehead atoms. The molecule has 0 saturated carbocycles. The number of anilines is 3. The summed E-state index contributed by atoms with van der Waals surface area (Å²) >= 11 is 0. The van der Waals surface area contributed by atoms with E-state index in [2.05, 4.69) is 27.0 Å². The van der Waals surface area contributed by atoms with Crippen molar-refractivity contribution in [2.45, 2.75) is 63.2 Å². The van der Waals surface area contributed by atoms with E-state index in [1.807, 2.05) is 72.8 Å². The number of hydrazine groups is 2. The molecule has 0 saturated heterocycles. The maximum Gasteiger partial charge on any atom is 0.336 e. The largest absolute Gasteiger partial charge is 0.481 e. The van der Waals surface area contributed by atoms with E-state index in [0.29, 0.717) is 66.1 Å². The number of rotatable bonds is 11. The van der Waals surface area contributed by atoms with Crippen LogP contribution in [-0.4, -0.2) is 109 Å². The molecule has 3 unspecified atom stereocenters. The molecular formula is C58H61N11O12. The molecule has 0 fully saturated rings. The van der Waals surface area contributed by atoms with Crippen LogP contribution in [0, 0.1) is 0 Å². The fourth-order valence-corrected chi connectivity index (χ4v) is 9.73. The van der Waals surface area contributed by atoms with E-state index in [1.165, 1.54) is 32.9 Å². The Hall–Kier alpha value is -10.5. The van der Waals surface area contributed by atoms with Crippen molar-refractivity contribution in [2.24, 2.45) is 0 Å². The molecule has 23 heteroatoms. The zero-order chi connectivity index (χ0) is 58.2. The van der Waals surface area contributed by atoms with Crippen LogP contribution in [0.25, 0.3) is 0 Å². The van der Waals surface area contributed by atoms with Crippen LogP contribution in [0.3, 0.4) is 0 Å². The molecule has 0 radical (unpaired) electrons. The molecule has 3 aliphatic rings. The molecule has 3 atom stereocenters. The van der Waals surface area contributed by atoms with Gasteiger partial charge in [0.25, 0.3) is 17.7 Å². The molecule has 9 rings (SSSR count). The number of hydrogen-bond donors (Lipinski definition) is 11. The number of hydrogen-bond acceptors (Lipinski definition) is 12. The SMILES string of the molecule is Nc1cccc(C(=O)NCC(=O)N2CCc3ccccc3C2CC(=O)O)c1.Nc1cccc(C(=O)NNC(=O)N2CCc3ccccc3C2CC(=O)O)c1.Nc1cccc(C(=O)NNC(=O)N2Cc3ccccc3CC2CC(=O)O)c1. The minimum atomic E-state index is -1.00. The Balaban J connectivity index is 0.000000175. The maximum absolute atomic E-state index is 12.7. The number of nitrogens with zero attached hydrogens (tertiary/aromatic N) is 3. The van der Waals surface area contributed by atoms with Gasteiger partial charge in [-0.2, -0.15) is 0 Å². The number of urea groups is 2. The maximum atomic E-state index is 12.7. The van der Waals surface area contributed by atoms with Gasteiger partial charge in [-0.3, -0.25) is 44.4 Å². The van der Waals surface area contributed by atoms with E-state index >= 15 is 0 Å². The quantitative estimate of drug-likeness (QED) is 0.0612. The summed E-state index contributed by atoms with van der Waals surface area (Å²) in [5, 5.41) is 30.3. The average molecular weight is 1100 g/mol. The zero-order valence-electron chi connectivity index (χ0n) is 43.7. The summed E-state index contributed by atoms with van der Waals surface area (Å²) in [6.07, 6.45) is 1.15. The first-order chi connectivity index (χ1) is 38.8. The van der Waals surface area contributed by atoms with Gasteiger partial charge < -0.3 is 52.5 Å². The topological polar surface area (TPSA) is 362 Å². The number of benzene rings is 6. The van der Waals surface area contributed by atoms with Crippen LogP contribution in [0.5, 0.6) is 0 Å². The second-order valence-electron chi connectivity index (χ2n) is 19.1. The summed E-state index contributed by atoms with van der Waals surface area (Å²) in [6.45, 7) is 0.844. The van der Waals surface area contributed by atoms with Crippen molar-refractivity contribution in [2.75, 3.05) is 36.8 Å². The first-order valence-corrected chi connectivity index (χ1v) is 25.6. The Bertz CT molecular complexity index is 3090. The van der Waals surface area contributed by atoms with Crippen LogP contribution >= 0.6 is 0 Å². The van der Waals surface area contributed by atoms with Crippen LogP contribution in [0.2, 0.25) is 0 Å². The van der Waals surface area contributed by atoms with E-state index in [9.17, 15) is 53.4 Å². The lowest BCUT2D eigenvalue weighted by Crippen LogP contribution is -2.54. The summed E-state index contributed by atoms with van der Waals surface area (Å²) in [7, 11) is 0. The number of nitrogen functional groups attached to an aromatic ring is 3. The third-order valence-corrected chi connectivity index (χ3v) is 13.6. The third kappa shape index (κ3) is 15.8. The van der Waals surface area contributed by atoms with E-state index < -0.39 is 65.8 Å². The molecule has 0 spiro atoms. The summed E-state index contributed by atoms with van der Waals surface area (Å²) in [4.78, 5) is 113. The van der Waals surface area contributed by atoms with Gasteiger partial charge in [0.15, 0.2) is 0 Å². The summed E-state index contributed by atoms with van der Waals surface area (Å²) < 4.78 is 0. The smallest absolute Gasteiger partial charge is 0.336 e. The molecule has 6 aromatic carbocycles. The standard InChI is InChI=1S/C20H21N3O4.2C19H20N4O4/c21-15-6-3-5-14(10-15)20(27)22-12-18(24)23-9-8-13-4-1-2-7-16(13)17(23)11-19(25)26;20-14-6-3-5-13(10-14)18(26)21-22-19(27)23-9-8-12-4-1-2-7-15(12)16(23)11-17(24)25;20-15-7-3-6-13(8-15)18(26)21-22-19(27)23-11-14-5-2-1-4-12(14)9-16(23)10-17(24)25/h1-7,10,17H,8-9,11-12,21H2,(H,22,27)(H,25,26);1-7,10,16H,8-9,11,20H2,(H,21,26)(H,22,27)(H,24,25);1-8,16H,9-11,20H2,(H,21,26)(H,22,27)(H,24,25). The molecule has 81 heavy (non-hydrogen) atoms. The van der Waals surface area contributed by atoms with Gasteiger partial charge in [-0.1, -0.05) is 91.0 Å². The van der Waals surface area contributed by atoms with E-state index in [1.54, 1.807) is 54.6 Å². The first-order valence-electron chi connectivity index (χ1n) is 25.6. The predicted octanol–water partition coefficient (Wildman–Crippen LogP) is 4.82. The van der Waals surface area contributed by atoms with Gasteiger partial charge in [-0.15, -0.1) is 0 Å². The summed E-state index contributed by atoms with van der Waals surface area (Å²) in [5.41, 5.74) is 34.4. The Morgan fingerprint density at radius 2 is 0.852 bits per heavy atom. The number of nitrogens with two attached hydrogens (primary N) is 3. The minimum Gasteiger partial charge on any atom is -0.481 e. The molecule has 23 nitrogen and oxygen atoms in total. The number of nitrogens with one attached hydrogen (secondary N) is 5. The second kappa shape index (κ2) is 27.2. The normalized spacial score (nSPS) is 15.6. The van der Waals surface area contributed by atoms with Crippen LogP contribution in [0.1, 0.15) is 95.8 Å². The lowest BCUT2D eigenvalue weighted by Gasteiger charge is -2.36. The van der Waals surface area contributed by atoms with Gasteiger partial charge in [0, 0.05) is 59.4 Å². The lowest BCUT2D eigenvalue weighted by atomic mass is 9.90. The molecule has 0 aromatic heterocycles. The van der Waals surface area contributed by atoms with Gasteiger partial charge >= 0.3 is 30.0 Å². The molecule has 0 aliphatic carbocycles. The van der Waals surface area contributed by atoms with Gasteiger partial charge in [-0.25, -0.2) is 20.4 Å². The lowest BCUT2D eigenvalue weighted by molar-refractivity contribution is -0.142. The van der Waals surface area contributed by atoms with Crippen molar-refractivity contribution >= 4 is 70.7 Å². The highest BCUT2D eigenvalue weighted by Gasteiger charge is 2.35. The van der Waals surface area contributed by atoms with Crippen molar-refractivity contribution in [3.63, 3.8) is 0 Å². The molecule has 8 amide bonds. The van der Waals surface area contributed by atoms with Crippen molar-refractivity contribution < 1.29 is 58.5 Å². The van der Waals surface area contributed by atoms with Crippen molar-refractivity contribution in [3.8, 4) is 0 Å². The molecular weight excluding hydrogens is 1040 g/mol. The van der Waals surface area contributed by atoms with E-state index in [-0.39, 0.29) is 38.3 Å². The van der Waals surface area contributed by atoms with Crippen molar-refractivity contribution in [1.82, 2.24) is 41.7 Å². The number of carboxylic acids is 3. The molecule has 3 heterocycles. The first kappa shape index (κ1) is 58.2. The minimum absolute atomic E-state index is 0.175. The molecule has 420 valence electrons. The summed E-state index contributed by atoms with van der Waals surface area (Å²) in [5.74, 6) is -4.70. The fourth-order valence-electron chi connectivity index (χ4n) is 9.73. The Morgan fingerprint density at radius 1 is 0.444 bits per heavy atom. The number of carbonyl (C=O) groups excluding carboxylic acids is 6. The molecule has 14 N–H and O–H groups in total. The van der Waals surface area contributed by atoms with Crippen LogP contribution in [0.4, 0.5) is 26.7 Å². The fraction of sp³-hybridized carbons (Fsp3) is 0.224. The van der Waals surface area contributed by atoms with Crippen molar-refractivity contribution in [3.05, 3.63) is 196 Å². The zero-order valence-corrected chi connectivity index (χ0v) is 43.7.